The third kappa shape index (κ3) is 1.09. The molecule has 13 heavy (non-hydrogen) atoms. The van der Waals surface area contributed by atoms with Crippen LogP contribution in [0, 0.1) is 16.7 Å². The molecule has 0 aromatic carbocycles. The Morgan fingerprint density at radius 3 is 1.77 bits per heavy atom. The second kappa shape index (κ2) is 2.50. The third-order valence-electron chi connectivity index (χ3n) is 5.08. The van der Waals surface area contributed by atoms with E-state index >= 15 is 0 Å². The van der Waals surface area contributed by atoms with Crippen LogP contribution in [-0.2, 0) is 0 Å². The molecule has 0 aromatic heterocycles. The summed E-state index contributed by atoms with van der Waals surface area (Å²) < 4.78 is 0. The predicted molar refractivity (Wildman–Crippen MR) is 56.7 cm³/mol. The van der Waals surface area contributed by atoms with E-state index in [1.54, 1.807) is 0 Å². The smallest absolute Gasteiger partial charge is 0.0106 e. The van der Waals surface area contributed by atoms with Gasteiger partial charge < -0.3 is 4.90 Å². The second-order valence-corrected chi connectivity index (χ2v) is 6.05. The SMILES string of the molecule is CC(C1C(C)(C)C1(C)C)N1CCC1. The Hall–Kier alpha value is -0.0400. The molecule has 1 saturated carbocycles. The Balaban J connectivity index is 2.03. The van der Waals surface area contributed by atoms with E-state index in [0.717, 1.165) is 12.0 Å². The molecule has 1 heteroatoms. The van der Waals surface area contributed by atoms with Crippen molar-refractivity contribution in [1.29, 1.82) is 0 Å². The molecule has 1 aliphatic carbocycles. The first-order valence-electron chi connectivity index (χ1n) is 5.63. The highest BCUT2D eigenvalue weighted by Crippen LogP contribution is 2.70. The summed E-state index contributed by atoms with van der Waals surface area (Å²) in [6.45, 7) is 14.8. The molecule has 1 nitrogen and oxygen atoms in total. The summed E-state index contributed by atoms with van der Waals surface area (Å²) in [6, 6.07) is 0.804. The fourth-order valence-corrected chi connectivity index (χ4v) is 3.41. The Morgan fingerprint density at radius 1 is 1.08 bits per heavy atom. The highest BCUT2D eigenvalue weighted by atomic mass is 15.2. The monoisotopic (exact) mass is 181 g/mol. The molecule has 1 unspecified atom stereocenters. The molecule has 0 spiro atoms. The van der Waals surface area contributed by atoms with Gasteiger partial charge in [0.05, 0.1) is 0 Å². The van der Waals surface area contributed by atoms with Gasteiger partial charge in [0.15, 0.2) is 0 Å². The molecule has 2 aliphatic rings. The molecule has 1 saturated heterocycles. The van der Waals surface area contributed by atoms with Crippen molar-refractivity contribution in [3.63, 3.8) is 0 Å². The van der Waals surface area contributed by atoms with Gasteiger partial charge in [0, 0.05) is 6.04 Å². The summed E-state index contributed by atoms with van der Waals surface area (Å²) in [6.07, 6.45) is 1.41. The standard InChI is InChI=1S/C12H23N/c1-9(13-7-6-8-13)10-11(2,3)12(10,4)5/h9-10H,6-8H2,1-5H3. The van der Waals surface area contributed by atoms with Gasteiger partial charge in [-0.2, -0.15) is 0 Å². The van der Waals surface area contributed by atoms with Crippen molar-refractivity contribution >= 4 is 0 Å². The van der Waals surface area contributed by atoms with E-state index in [2.05, 4.69) is 39.5 Å². The van der Waals surface area contributed by atoms with Crippen LogP contribution < -0.4 is 0 Å². The van der Waals surface area contributed by atoms with Crippen molar-refractivity contribution in [1.82, 2.24) is 4.90 Å². The van der Waals surface area contributed by atoms with Crippen molar-refractivity contribution in [3.8, 4) is 0 Å². The summed E-state index contributed by atoms with van der Waals surface area (Å²) in [4.78, 5) is 2.64. The molecule has 76 valence electrons. The van der Waals surface area contributed by atoms with Crippen LogP contribution in [0.3, 0.4) is 0 Å². The number of hydrogen-bond acceptors (Lipinski definition) is 1. The summed E-state index contributed by atoms with van der Waals surface area (Å²) in [5, 5.41) is 0. The first kappa shape index (κ1) is 9.51. The average molecular weight is 181 g/mol. The van der Waals surface area contributed by atoms with Crippen molar-refractivity contribution in [2.45, 2.75) is 47.1 Å². The first-order valence-corrected chi connectivity index (χ1v) is 5.63. The zero-order valence-corrected chi connectivity index (χ0v) is 9.72. The Morgan fingerprint density at radius 2 is 1.54 bits per heavy atom. The lowest BCUT2D eigenvalue weighted by Crippen LogP contribution is -2.45. The molecule has 2 rings (SSSR count). The van der Waals surface area contributed by atoms with Gasteiger partial charge in [-0.05, 0) is 43.2 Å². The minimum absolute atomic E-state index is 0.558. The zero-order valence-electron chi connectivity index (χ0n) is 9.72. The lowest BCUT2D eigenvalue weighted by Gasteiger charge is -2.37. The lowest BCUT2D eigenvalue weighted by atomic mass is 10.0. The number of hydrogen-bond donors (Lipinski definition) is 0. The van der Waals surface area contributed by atoms with E-state index in [0.29, 0.717) is 10.8 Å². The second-order valence-electron chi connectivity index (χ2n) is 6.05. The van der Waals surface area contributed by atoms with Gasteiger partial charge >= 0.3 is 0 Å². The van der Waals surface area contributed by atoms with Crippen molar-refractivity contribution in [2.75, 3.05) is 13.1 Å². The van der Waals surface area contributed by atoms with Gasteiger partial charge in [-0.15, -0.1) is 0 Å². The maximum Gasteiger partial charge on any atom is 0.0106 e. The van der Waals surface area contributed by atoms with Crippen molar-refractivity contribution in [2.24, 2.45) is 16.7 Å². The fourth-order valence-electron chi connectivity index (χ4n) is 3.41. The Labute approximate surface area is 82.5 Å². The minimum atomic E-state index is 0.558. The third-order valence-corrected chi connectivity index (χ3v) is 5.08. The summed E-state index contributed by atoms with van der Waals surface area (Å²) >= 11 is 0. The van der Waals surface area contributed by atoms with E-state index in [9.17, 15) is 0 Å². The van der Waals surface area contributed by atoms with Crippen LogP contribution in [0.25, 0.3) is 0 Å². The minimum Gasteiger partial charge on any atom is -0.300 e. The van der Waals surface area contributed by atoms with Gasteiger partial charge in [0.25, 0.3) is 0 Å². The van der Waals surface area contributed by atoms with E-state index in [1.807, 2.05) is 0 Å². The van der Waals surface area contributed by atoms with Gasteiger partial charge in [0.2, 0.25) is 0 Å². The van der Waals surface area contributed by atoms with Crippen LogP contribution in [-0.4, -0.2) is 24.0 Å². The topological polar surface area (TPSA) is 3.24 Å². The highest BCUT2D eigenvalue weighted by Gasteiger charge is 2.67. The molecule has 2 fully saturated rings. The molecule has 1 aliphatic heterocycles. The highest BCUT2D eigenvalue weighted by molar-refractivity contribution is 5.16. The lowest BCUT2D eigenvalue weighted by molar-refractivity contribution is 0.102. The van der Waals surface area contributed by atoms with Crippen LogP contribution in [0.4, 0.5) is 0 Å². The van der Waals surface area contributed by atoms with E-state index in [-0.39, 0.29) is 0 Å². The number of rotatable bonds is 2. The van der Waals surface area contributed by atoms with Crippen LogP contribution in [0.1, 0.15) is 41.0 Å². The van der Waals surface area contributed by atoms with Gasteiger partial charge in [0.1, 0.15) is 0 Å². The molecular formula is C12H23N. The predicted octanol–water partition coefficient (Wildman–Crippen LogP) is 2.76. The maximum atomic E-state index is 2.64. The molecule has 1 heterocycles. The average Bonchev–Trinajstić information content (AvgIpc) is 2.18. The van der Waals surface area contributed by atoms with Gasteiger partial charge in [-0.3, -0.25) is 0 Å². The molecule has 0 bridgehead atoms. The van der Waals surface area contributed by atoms with Crippen LogP contribution >= 0.6 is 0 Å². The van der Waals surface area contributed by atoms with E-state index in [1.165, 1.54) is 19.5 Å². The largest absolute Gasteiger partial charge is 0.300 e. The van der Waals surface area contributed by atoms with E-state index in [4.69, 9.17) is 0 Å². The first-order chi connectivity index (χ1) is 5.89. The summed E-state index contributed by atoms with van der Waals surface area (Å²) in [5.74, 6) is 0.903. The van der Waals surface area contributed by atoms with Crippen LogP contribution in [0.15, 0.2) is 0 Å². The zero-order chi connectivity index (χ0) is 9.85. The molecular weight excluding hydrogens is 158 g/mol. The van der Waals surface area contributed by atoms with Crippen LogP contribution in [0.5, 0.6) is 0 Å². The quantitative estimate of drug-likeness (QED) is 0.633. The van der Waals surface area contributed by atoms with Gasteiger partial charge in [-0.1, -0.05) is 27.7 Å². The number of nitrogens with zero attached hydrogens (tertiary/aromatic N) is 1. The molecule has 1 atom stereocenters. The number of likely N-dealkylation sites (tertiary alicyclic amines) is 1. The fraction of sp³-hybridized carbons (Fsp3) is 1.00. The maximum absolute atomic E-state index is 2.64. The summed E-state index contributed by atoms with van der Waals surface area (Å²) in [5.41, 5.74) is 1.12. The molecule has 0 aromatic rings. The van der Waals surface area contributed by atoms with Crippen molar-refractivity contribution in [3.05, 3.63) is 0 Å². The Bertz CT molecular complexity index is 199. The Kier molecular flexibility index (Phi) is 1.83. The normalized spacial score (nSPS) is 33.9. The van der Waals surface area contributed by atoms with Crippen molar-refractivity contribution < 1.29 is 0 Å². The summed E-state index contributed by atoms with van der Waals surface area (Å²) in [7, 11) is 0. The molecule has 0 N–H and O–H groups in total. The molecule has 0 radical (unpaired) electrons. The molecule has 0 amide bonds. The van der Waals surface area contributed by atoms with Crippen LogP contribution in [0.2, 0.25) is 0 Å². The van der Waals surface area contributed by atoms with Gasteiger partial charge in [-0.25, -0.2) is 0 Å². The van der Waals surface area contributed by atoms with E-state index < -0.39 is 0 Å².